The third-order valence-electron chi connectivity index (χ3n) is 5.85. The average Bonchev–Trinajstić information content (AvgIpc) is 2.79. The summed E-state index contributed by atoms with van der Waals surface area (Å²) in [7, 11) is 2.07. The van der Waals surface area contributed by atoms with Crippen molar-refractivity contribution in [1.82, 2.24) is 19.7 Å². The van der Waals surface area contributed by atoms with Crippen molar-refractivity contribution in [2.75, 3.05) is 45.1 Å². The molecule has 0 bridgehead atoms. The van der Waals surface area contributed by atoms with Crippen LogP contribution in [0.15, 0.2) is 48.7 Å². The molecule has 1 saturated heterocycles. The quantitative estimate of drug-likeness (QED) is 0.437. The number of piperazine rings is 1. The number of aromatic nitrogens is 1. The molecule has 2 N–H and O–H groups in total. The second-order valence-electron chi connectivity index (χ2n) is 8.08. The first-order valence-corrected chi connectivity index (χ1v) is 11.2. The molecule has 2 heterocycles. The molecule has 3 aromatic rings. The minimum Gasteiger partial charge on any atom is -0.508 e. The highest BCUT2D eigenvalue weighted by Crippen LogP contribution is 2.30. The maximum Gasteiger partial charge on any atom is 0.320 e. The Balaban J connectivity index is 0.00000204. The number of phenols is 1. The smallest absolute Gasteiger partial charge is 0.320 e. The van der Waals surface area contributed by atoms with Gasteiger partial charge in [-0.1, -0.05) is 11.6 Å². The van der Waals surface area contributed by atoms with E-state index in [2.05, 4.69) is 22.2 Å². The molecule has 2 aromatic carbocycles. The number of hydrogen-bond donors (Lipinski definition) is 2. The van der Waals surface area contributed by atoms with Crippen LogP contribution in [0.2, 0.25) is 5.02 Å². The highest BCUT2D eigenvalue weighted by Gasteiger charge is 2.24. The molecule has 1 fully saturated rings. The predicted octanol–water partition coefficient (Wildman–Crippen LogP) is 5.37. The lowest BCUT2D eigenvalue weighted by Gasteiger charge is -2.36. The molecule has 0 aliphatic carbocycles. The van der Waals surface area contributed by atoms with Crippen LogP contribution in [-0.2, 0) is 6.54 Å². The van der Waals surface area contributed by atoms with E-state index in [4.69, 9.17) is 11.6 Å². The van der Waals surface area contributed by atoms with Gasteiger partial charge < -0.3 is 25.1 Å². The Kier molecular flexibility index (Phi) is 10.1. The molecule has 0 unspecified atom stereocenters. The number of anilines is 2. The van der Waals surface area contributed by atoms with Crippen LogP contribution in [0.1, 0.15) is 12.5 Å². The number of urea groups is 1. The summed E-state index contributed by atoms with van der Waals surface area (Å²) in [6.45, 7) is 6.06. The van der Waals surface area contributed by atoms with E-state index in [0.29, 0.717) is 23.7 Å². The SMILES string of the molecule is CCN(Cc1cc(Nc2ccnc3cc(Cl)ccc23)ccc1O)C(=O)N1CCN(C)CC1.Cl.Cl. The number of pyridine rings is 1. The van der Waals surface area contributed by atoms with E-state index in [1.165, 1.54) is 0 Å². The van der Waals surface area contributed by atoms with Crippen LogP contribution in [0.5, 0.6) is 5.75 Å². The molecule has 184 valence electrons. The number of nitrogens with one attached hydrogen (secondary N) is 1. The Morgan fingerprint density at radius 2 is 1.85 bits per heavy atom. The second kappa shape index (κ2) is 12.3. The molecule has 0 atom stereocenters. The summed E-state index contributed by atoms with van der Waals surface area (Å²) in [6.07, 6.45) is 1.73. The van der Waals surface area contributed by atoms with Crippen LogP contribution in [0.4, 0.5) is 16.2 Å². The van der Waals surface area contributed by atoms with Crippen molar-refractivity contribution in [1.29, 1.82) is 0 Å². The molecule has 1 aliphatic rings. The van der Waals surface area contributed by atoms with Gasteiger partial charge in [-0.3, -0.25) is 4.98 Å². The summed E-state index contributed by atoms with van der Waals surface area (Å²) >= 11 is 6.09. The number of phenolic OH excluding ortho intramolecular Hbond substituents is 1. The second-order valence-corrected chi connectivity index (χ2v) is 8.51. The monoisotopic (exact) mass is 525 g/mol. The van der Waals surface area contributed by atoms with Crippen LogP contribution < -0.4 is 5.32 Å². The summed E-state index contributed by atoms with van der Waals surface area (Å²) in [6, 6.07) is 12.9. The van der Waals surface area contributed by atoms with Crippen molar-refractivity contribution in [3.63, 3.8) is 0 Å². The third-order valence-corrected chi connectivity index (χ3v) is 6.09. The van der Waals surface area contributed by atoms with Gasteiger partial charge in [0.2, 0.25) is 0 Å². The van der Waals surface area contributed by atoms with E-state index in [1.54, 1.807) is 17.2 Å². The fourth-order valence-electron chi connectivity index (χ4n) is 3.89. The molecule has 10 heteroatoms. The fraction of sp³-hybridized carbons (Fsp3) is 0.333. The van der Waals surface area contributed by atoms with Crippen LogP contribution >= 0.6 is 36.4 Å². The molecular formula is C24H30Cl3N5O2. The predicted molar refractivity (Wildman–Crippen MR) is 143 cm³/mol. The molecule has 2 amide bonds. The molecule has 0 radical (unpaired) electrons. The van der Waals surface area contributed by atoms with Crippen molar-refractivity contribution in [2.45, 2.75) is 13.5 Å². The standard InChI is InChI=1S/C24H28ClN5O2.2ClH/c1-3-29(24(32)30-12-10-28(2)11-13-30)16-17-14-19(5-7-23(17)31)27-21-8-9-26-22-15-18(25)4-6-20(21)22;;/h4-9,14-15,31H,3,10-13,16H2,1-2H3,(H,26,27);2*1H. The lowest BCUT2D eigenvalue weighted by atomic mass is 10.1. The highest BCUT2D eigenvalue weighted by molar-refractivity contribution is 6.31. The van der Waals surface area contributed by atoms with Gasteiger partial charge in [0.15, 0.2) is 0 Å². The molecule has 4 rings (SSSR count). The number of carbonyl (C=O) groups is 1. The number of rotatable bonds is 5. The molecule has 34 heavy (non-hydrogen) atoms. The Hall–Kier alpha value is -2.45. The molecule has 1 aliphatic heterocycles. The lowest BCUT2D eigenvalue weighted by Crippen LogP contribution is -2.51. The first kappa shape index (κ1) is 27.8. The first-order valence-electron chi connectivity index (χ1n) is 10.8. The summed E-state index contributed by atoms with van der Waals surface area (Å²) in [4.78, 5) is 23.3. The Labute approximate surface area is 217 Å². The number of hydrogen-bond acceptors (Lipinski definition) is 5. The van der Waals surface area contributed by atoms with E-state index >= 15 is 0 Å². The van der Waals surface area contributed by atoms with E-state index in [1.807, 2.05) is 48.2 Å². The number of amides is 2. The van der Waals surface area contributed by atoms with Gasteiger partial charge in [-0.2, -0.15) is 0 Å². The number of nitrogens with zero attached hydrogens (tertiary/aromatic N) is 4. The fourth-order valence-corrected chi connectivity index (χ4v) is 4.06. The van der Waals surface area contributed by atoms with Crippen molar-refractivity contribution < 1.29 is 9.90 Å². The van der Waals surface area contributed by atoms with Crippen molar-refractivity contribution >= 4 is 64.7 Å². The summed E-state index contributed by atoms with van der Waals surface area (Å²) in [5, 5.41) is 15.5. The number of halogens is 3. The highest BCUT2D eigenvalue weighted by atomic mass is 35.5. The number of carbonyl (C=O) groups excluding carboxylic acids is 1. The minimum absolute atomic E-state index is 0. The maximum absolute atomic E-state index is 13.0. The van der Waals surface area contributed by atoms with E-state index in [0.717, 1.165) is 48.5 Å². The van der Waals surface area contributed by atoms with Gasteiger partial charge in [0.25, 0.3) is 0 Å². The van der Waals surface area contributed by atoms with Crippen LogP contribution in [0, 0.1) is 0 Å². The molecule has 7 nitrogen and oxygen atoms in total. The molecule has 0 spiro atoms. The number of likely N-dealkylation sites (N-methyl/N-ethyl adjacent to an activating group) is 1. The zero-order chi connectivity index (χ0) is 22.7. The van der Waals surface area contributed by atoms with Gasteiger partial charge in [-0.25, -0.2) is 4.79 Å². The van der Waals surface area contributed by atoms with Crippen molar-refractivity contribution in [2.24, 2.45) is 0 Å². The first-order chi connectivity index (χ1) is 15.4. The zero-order valence-electron chi connectivity index (χ0n) is 19.2. The van der Waals surface area contributed by atoms with Gasteiger partial charge in [0.1, 0.15) is 5.75 Å². The van der Waals surface area contributed by atoms with Crippen LogP contribution in [0.25, 0.3) is 10.9 Å². The average molecular weight is 527 g/mol. The zero-order valence-corrected chi connectivity index (χ0v) is 21.6. The van der Waals surface area contributed by atoms with Gasteiger partial charge in [0, 0.05) is 66.3 Å². The lowest BCUT2D eigenvalue weighted by molar-refractivity contribution is 0.121. The summed E-state index contributed by atoms with van der Waals surface area (Å²) in [5.41, 5.74) is 3.21. The number of aromatic hydroxyl groups is 1. The van der Waals surface area contributed by atoms with E-state index in [9.17, 15) is 9.90 Å². The summed E-state index contributed by atoms with van der Waals surface area (Å²) in [5.74, 6) is 0.173. The Bertz CT molecular complexity index is 1120. The Morgan fingerprint density at radius 3 is 2.56 bits per heavy atom. The summed E-state index contributed by atoms with van der Waals surface area (Å²) < 4.78 is 0. The normalized spacial score (nSPS) is 13.7. The van der Waals surface area contributed by atoms with Gasteiger partial charge in [-0.05, 0) is 56.4 Å². The number of benzene rings is 2. The number of fused-ring (bicyclic) bond motifs is 1. The van der Waals surface area contributed by atoms with E-state index < -0.39 is 0 Å². The van der Waals surface area contributed by atoms with Gasteiger partial charge in [-0.15, -0.1) is 24.8 Å². The maximum atomic E-state index is 13.0. The molecule has 0 saturated carbocycles. The minimum atomic E-state index is 0. The third kappa shape index (κ3) is 6.36. The van der Waals surface area contributed by atoms with Crippen LogP contribution in [0.3, 0.4) is 0 Å². The van der Waals surface area contributed by atoms with Crippen LogP contribution in [-0.4, -0.2) is 70.6 Å². The Morgan fingerprint density at radius 1 is 1.12 bits per heavy atom. The van der Waals surface area contributed by atoms with Gasteiger partial charge >= 0.3 is 6.03 Å². The molecular weight excluding hydrogens is 497 g/mol. The van der Waals surface area contributed by atoms with Gasteiger partial charge in [0.05, 0.1) is 12.1 Å². The topological polar surface area (TPSA) is 71.9 Å². The van der Waals surface area contributed by atoms with Crippen molar-refractivity contribution in [3.05, 3.63) is 59.2 Å². The molecule has 1 aromatic heterocycles. The van der Waals surface area contributed by atoms with E-state index in [-0.39, 0.29) is 36.6 Å². The largest absolute Gasteiger partial charge is 0.508 e. The van der Waals surface area contributed by atoms with Crippen molar-refractivity contribution in [3.8, 4) is 5.75 Å².